The lowest BCUT2D eigenvalue weighted by molar-refractivity contribution is 0.425. The van der Waals surface area contributed by atoms with Gasteiger partial charge in [0.1, 0.15) is 0 Å². The third-order valence-electron chi connectivity index (χ3n) is 3.34. The van der Waals surface area contributed by atoms with Crippen molar-refractivity contribution in [1.29, 1.82) is 0 Å². The van der Waals surface area contributed by atoms with Gasteiger partial charge in [-0.05, 0) is 40.4 Å². The molecule has 0 fully saturated rings. The van der Waals surface area contributed by atoms with Crippen LogP contribution in [0.4, 0.5) is 5.13 Å². The van der Waals surface area contributed by atoms with E-state index in [4.69, 9.17) is 4.98 Å². The number of thioether (sulfide) groups is 1. The smallest absolute Gasteiger partial charge is 0.185 e. The lowest BCUT2D eigenvalue weighted by Gasteiger charge is -2.26. The summed E-state index contributed by atoms with van der Waals surface area (Å²) in [5.41, 5.74) is 1.31. The fourth-order valence-electron chi connectivity index (χ4n) is 1.93. The Hall–Kier alpha value is -0.260. The maximum absolute atomic E-state index is 4.76. The molecule has 116 valence electrons. The molecule has 3 nitrogen and oxygen atoms in total. The van der Waals surface area contributed by atoms with Gasteiger partial charge in [0.15, 0.2) is 5.13 Å². The molecule has 1 atom stereocenters. The van der Waals surface area contributed by atoms with Crippen LogP contribution >= 0.6 is 23.1 Å². The summed E-state index contributed by atoms with van der Waals surface area (Å²) in [6, 6.07) is 0.568. The normalized spacial score (nSPS) is 13.6. The van der Waals surface area contributed by atoms with E-state index in [1.165, 1.54) is 4.88 Å². The van der Waals surface area contributed by atoms with Crippen molar-refractivity contribution in [3.05, 3.63) is 10.6 Å². The highest BCUT2D eigenvalue weighted by molar-refractivity contribution is 7.98. The van der Waals surface area contributed by atoms with Crippen LogP contribution in [0.5, 0.6) is 0 Å². The minimum absolute atomic E-state index is 0.146. The van der Waals surface area contributed by atoms with Crippen molar-refractivity contribution in [2.45, 2.75) is 59.2 Å². The maximum atomic E-state index is 4.76. The summed E-state index contributed by atoms with van der Waals surface area (Å²) in [5.74, 6) is 1.15. The molecule has 1 rings (SSSR count). The highest BCUT2D eigenvalue weighted by atomic mass is 32.2. The van der Waals surface area contributed by atoms with E-state index in [1.54, 1.807) is 0 Å². The summed E-state index contributed by atoms with van der Waals surface area (Å²) >= 11 is 3.73. The van der Waals surface area contributed by atoms with E-state index in [9.17, 15) is 0 Å². The van der Waals surface area contributed by atoms with Gasteiger partial charge >= 0.3 is 0 Å². The third kappa shape index (κ3) is 5.26. The number of aryl methyl sites for hydroxylation is 1. The molecule has 0 aliphatic rings. The summed E-state index contributed by atoms with van der Waals surface area (Å²) in [5, 5.41) is 4.69. The molecular formula is C15H29N3S2. The van der Waals surface area contributed by atoms with Crippen LogP contribution < -0.4 is 10.2 Å². The van der Waals surface area contributed by atoms with Gasteiger partial charge in [-0.25, -0.2) is 4.98 Å². The summed E-state index contributed by atoms with van der Waals surface area (Å²) in [7, 11) is 2.17. The van der Waals surface area contributed by atoms with Crippen molar-refractivity contribution >= 4 is 28.2 Å². The van der Waals surface area contributed by atoms with E-state index >= 15 is 0 Å². The Morgan fingerprint density at radius 2 is 2.05 bits per heavy atom. The van der Waals surface area contributed by atoms with Gasteiger partial charge in [0.2, 0.25) is 0 Å². The van der Waals surface area contributed by atoms with E-state index in [-0.39, 0.29) is 5.54 Å². The molecule has 0 aliphatic carbocycles. The van der Waals surface area contributed by atoms with Gasteiger partial charge in [0, 0.05) is 35.8 Å². The van der Waals surface area contributed by atoms with Crippen LogP contribution in [0, 0.1) is 6.92 Å². The SMILES string of the molecule is CCC(CSC)N(C)c1nc(C)c(CNC(C)(C)C)s1. The number of hydrogen-bond donors (Lipinski definition) is 1. The predicted octanol–water partition coefficient (Wildman–Crippen LogP) is 3.92. The molecule has 1 aromatic heterocycles. The quantitative estimate of drug-likeness (QED) is 0.825. The number of anilines is 1. The van der Waals surface area contributed by atoms with Gasteiger partial charge in [0.05, 0.1) is 5.69 Å². The highest BCUT2D eigenvalue weighted by Crippen LogP contribution is 2.28. The number of thiazole rings is 1. The number of nitrogens with one attached hydrogen (secondary N) is 1. The predicted molar refractivity (Wildman–Crippen MR) is 94.3 cm³/mol. The van der Waals surface area contributed by atoms with Gasteiger partial charge in [-0.3, -0.25) is 0 Å². The minimum atomic E-state index is 0.146. The molecule has 0 radical (unpaired) electrons. The van der Waals surface area contributed by atoms with Crippen LogP contribution in [0.2, 0.25) is 0 Å². The number of aromatic nitrogens is 1. The Labute approximate surface area is 132 Å². The van der Waals surface area contributed by atoms with Gasteiger partial charge in [-0.15, -0.1) is 11.3 Å². The lowest BCUT2D eigenvalue weighted by atomic mass is 10.1. The maximum Gasteiger partial charge on any atom is 0.185 e. The highest BCUT2D eigenvalue weighted by Gasteiger charge is 2.18. The summed E-state index contributed by atoms with van der Waals surface area (Å²) in [6.07, 6.45) is 3.33. The minimum Gasteiger partial charge on any atom is -0.347 e. The number of rotatable bonds is 7. The average molecular weight is 316 g/mol. The Morgan fingerprint density at radius 3 is 2.55 bits per heavy atom. The van der Waals surface area contributed by atoms with Gasteiger partial charge in [-0.2, -0.15) is 11.8 Å². The van der Waals surface area contributed by atoms with Gasteiger partial charge in [-0.1, -0.05) is 6.92 Å². The van der Waals surface area contributed by atoms with Gasteiger partial charge < -0.3 is 10.2 Å². The van der Waals surface area contributed by atoms with E-state index in [0.29, 0.717) is 6.04 Å². The molecule has 5 heteroatoms. The van der Waals surface area contributed by atoms with Crippen LogP contribution in [0.25, 0.3) is 0 Å². The summed E-state index contributed by atoms with van der Waals surface area (Å²) in [6.45, 7) is 11.9. The van der Waals surface area contributed by atoms with Crippen LogP contribution in [-0.4, -0.2) is 35.6 Å². The monoisotopic (exact) mass is 315 g/mol. The molecule has 1 N–H and O–H groups in total. The Kier molecular flexibility index (Phi) is 6.82. The third-order valence-corrected chi connectivity index (χ3v) is 5.31. The van der Waals surface area contributed by atoms with Crippen LogP contribution in [0.3, 0.4) is 0 Å². The molecule has 0 aliphatic heterocycles. The molecular weight excluding hydrogens is 286 g/mol. The molecule has 0 saturated carbocycles. The fourth-order valence-corrected chi connectivity index (χ4v) is 3.80. The first-order chi connectivity index (χ1) is 9.28. The first-order valence-corrected chi connectivity index (χ1v) is 9.42. The lowest BCUT2D eigenvalue weighted by Crippen LogP contribution is -2.35. The van der Waals surface area contributed by atoms with Crippen LogP contribution in [0.15, 0.2) is 0 Å². The molecule has 0 saturated heterocycles. The van der Waals surface area contributed by atoms with E-state index in [2.05, 4.69) is 58.1 Å². The molecule has 1 heterocycles. The Balaban J connectivity index is 2.77. The van der Waals surface area contributed by atoms with E-state index in [0.717, 1.165) is 29.5 Å². The van der Waals surface area contributed by atoms with Crippen LogP contribution in [0.1, 0.15) is 44.7 Å². The second kappa shape index (κ2) is 7.66. The number of nitrogens with zero attached hydrogens (tertiary/aromatic N) is 2. The van der Waals surface area contributed by atoms with Crippen LogP contribution in [-0.2, 0) is 6.54 Å². The molecule has 20 heavy (non-hydrogen) atoms. The van der Waals surface area contributed by atoms with Crippen molar-refractivity contribution in [3.63, 3.8) is 0 Å². The molecule has 0 amide bonds. The van der Waals surface area contributed by atoms with Crippen molar-refractivity contribution in [2.24, 2.45) is 0 Å². The second-order valence-corrected chi connectivity index (χ2v) is 8.21. The van der Waals surface area contributed by atoms with Crippen molar-refractivity contribution < 1.29 is 0 Å². The van der Waals surface area contributed by atoms with Crippen molar-refractivity contribution in [3.8, 4) is 0 Å². The largest absolute Gasteiger partial charge is 0.347 e. The Morgan fingerprint density at radius 1 is 1.40 bits per heavy atom. The summed E-state index contributed by atoms with van der Waals surface area (Å²) < 4.78 is 0. The first-order valence-electron chi connectivity index (χ1n) is 7.21. The Bertz CT molecular complexity index is 410. The molecule has 0 aromatic carbocycles. The van der Waals surface area contributed by atoms with E-state index in [1.807, 2.05) is 23.1 Å². The summed E-state index contributed by atoms with van der Waals surface area (Å²) in [4.78, 5) is 8.45. The number of hydrogen-bond acceptors (Lipinski definition) is 5. The zero-order chi connectivity index (χ0) is 15.3. The fraction of sp³-hybridized carbons (Fsp3) is 0.800. The van der Waals surface area contributed by atoms with Gasteiger partial charge in [0.25, 0.3) is 0 Å². The zero-order valence-corrected chi connectivity index (χ0v) is 15.5. The van der Waals surface area contributed by atoms with Crippen molar-refractivity contribution in [2.75, 3.05) is 24.0 Å². The first kappa shape index (κ1) is 17.8. The average Bonchev–Trinajstić information content (AvgIpc) is 2.73. The topological polar surface area (TPSA) is 28.2 Å². The van der Waals surface area contributed by atoms with Crippen molar-refractivity contribution in [1.82, 2.24) is 10.3 Å². The molecule has 0 spiro atoms. The molecule has 0 bridgehead atoms. The zero-order valence-electron chi connectivity index (χ0n) is 13.9. The van der Waals surface area contributed by atoms with E-state index < -0.39 is 0 Å². The second-order valence-electron chi connectivity index (χ2n) is 6.24. The molecule has 1 unspecified atom stereocenters. The molecule has 1 aromatic rings. The standard InChI is InChI=1S/C15H29N3S2/c1-8-12(10-19-7)18(6)14-17-11(2)13(20-14)9-16-15(3,4)5/h12,16H,8-10H2,1-7H3.